The Morgan fingerprint density at radius 3 is 2.70 bits per heavy atom. The maximum atomic E-state index is 11.9. The molecule has 1 rings (SSSR count). The molecule has 1 aliphatic rings. The number of likely N-dealkylation sites (tertiary alicyclic amines) is 1. The van der Waals surface area contributed by atoms with Crippen molar-refractivity contribution < 1.29 is 27.9 Å². The van der Waals surface area contributed by atoms with Crippen molar-refractivity contribution in [3.63, 3.8) is 0 Å². The first-order chi connectivity index (χ1) is 9.29. The number of rotatable bonds is 5. The van der Waals surface area contributed by atoms with E-state index in [1.807, 2.05) is 0 Å². The van der Waals surface area contributed by atoms with Gasteiger partial charge in [-0.1, -0.05) is 0 Å². The van der Waals surface area contributed by atoms with E-state index in [9.17, 15) is 22.8 Å². The van der Waals surface area contributed by atoms with Crippen LogP contribution < -0.4 is 5.32 Å². The lowest BCUT2D eigenvalue weighted by atomic mass is 9.99. The molecule has 0 aromatic rings. The lowest BCUT2D eigenvalue weighted by molar-refractivity contribution is -0.143. The SMILES string of the molecule is O=C(O)C1CCCN(C(=O)NCCSCC(F)(F)F)C1. The second-order valence-corrected chi connectivity index (χ2v) is 5.63. The maximum absolute atomic E-state index is 11.9. The molecule has 0 bridgehead atoms. The fourth-order valence-electron chi connectivity index (χ4n) is 1.89. The van der Waals surface area contributed by atoms with Gasteiger partial charge in [-0.3, -0.25) is 4.79 Å². The summed E-state index contributed by atoms with van der Waals surface area (Å²) in [4.78, 5) is 24.0. The number of urea groups is 1. The first-order valence-corrected chi connectivity index (χ1v) is 7.35. The van der Waals surface area contributed by atoms with Crippen molar-refractivity contribution in [2.24, 2.45) is 5.92 Å². The fourth-order valence-corrected chi connectivity index (χ4v) is 2.52. The van der Waals surface area contributed by atoms with Gasteiger partial charge in [-0.2, -0.15) is 24.9 Å². The number of nitrogens with one attached hydrogen (secondary N) is 1. The number of hydrogen-bond acceptors (Lipinski definition) is 3. The Balaban J connectivity index is 2.20. The van der Waals surface area contributed by atoms with Gasteiger partial charge in [0.25, 0.3) is 0 Å². The Labute approximate surface area is 118 Å². The number of carbonyl (C=O) groups excluding carboxylic acids is 1. The van der Waals surface area contributed by atoms with Crippen LogP contribution in [0.2, 0.25) is 0 Å². The van der Waals surface area contributed by atoms with Crippen LogP contribution in [0.3, 0.4) is 0 Å². The zero-order valence-corrected chi connectivity index (χ0v) is 11.6. The third-order valence-corrected chi connectivity index (χ3v) is 3.87. The van der Waals surface area contributed by atoms with E-state index in [2.05, 4.69) is 5.32 Å². The largest absolute Gasteiger partial charge is 0.481 e. The molecule has 1 fully saturated rings. The molecule has 1 aliphatic heterocycles. The average Bonchev–Trinajstić information content (AvgIpc) is 2.37. The number of aliphatic carboxylic acids is 1. The minimum absolute atomic E-state index is 0.133. The first-order valence-electron chi connectivity index (χ1n) is 6.19. The van der Waals surface area contributed by atoms with Gasteiger partial charge in [0.05, 0.1) is 11.7 Å². The van der Waals surface area contributed by atoms with Crippen LogP contribution in [0.5, 0.6) is 0 Å². The van der Waals surface area contributed by atoms with Gasteiger partial charge in [0, 0.05) is 25.4 Å². The molecule has 5 nitrogen and oxygen atoms in total. The number of halogens is 3. The number of nitrogens with zero attached hydrogens (tertiary/aromatic N) is 1. The predicted molar refractivity (Wildman–Crippen MR) is 68.7 cm³/mol. The fraction of sp³-hybridized carbons (Fsp3) is 0.818. The van der Waals surface area contributed by atoms with Crippen LogP contribution in [-0.4, -0.2) is 59.3 Å². The Hall–Kier alpha value is -1.12. The molecule has 0 aromatic carbocycles. The zero-order valence-electron chi connectivity index (χ0n) is 10.8. The van der Waals surface area contributed by atoms with E-state index in [0.717, 1.165) is 0 Å². The second-order valence-electron chi connectivity index (χ2n) is 4.52. The number of carboxylic acids is 1. The number of carboxylic acid groups (broad SMARTS) is 1. The normalized spacial score (nSPS) is 19.8. The van der Waals surface area contributed by atoms with Crippen molar-refractivity contribution in [1.29, 1.82) is 0 Å². The topological polar surface area (TPSA) is 69.6 Å². The van der Waals surface area contributed by atoms with Crippen molar-refractivity contribution in [3.05, 3.63) is 0 Å². The van der Waals surface area contributed by atoms with Crippen LogP contribution in [0.4, 0.5) is 18.0 Å². The van der Waals surface area contributed by atoms with Crippen molar-refractivity contribution in [1.82, 2.24) is 10.2 Å². The molecule has 2 N–H and O–H groups in total. The Morgan fingerprint density at radius 1 is 1.40 bits per heavy atom. The van der Waals surface area contributed by atoms with Crippen molar-refractivity contribution in [2.45, 2.75) is 19.0 Å². The Morgan fingerprint density at radius 2 is 2.10 bits per heavy atom. The van der Waals surface area contributed by atoms with Crippen LogP contribution in [0.15, 0.2) is 0 Å². The highest BCUT2D eigenvalue weighted by atomic mass is 32.2. The summed E-state index contributed by atoms with van der Waals surface area (Å²) >= 11 is 0.702. The monoisotopic (exact) mass is 314 g/mol. The highest BCUT2D eigenvalue weighted by Crippen LogP contribution is 2.20. The molecule has 1 unspecified atom stereocenters. The van der Waals surface area contributed by atoms with E-state index in [1.54, 1.807) is 0 Å². The standard InChI is InChI=1S/C11H17F3N2O3S/c12-11(13,14)7-20-5-3-15-10(19)16-4-1-2-8(6-16)9(17)18/h8H,1-7H2,(H,15,19)(H,17,18). The van der Waals surface area contributed by atoms with Crippen molar-refractivity contribution in [2.75, 3.05) is 31.1 Å². The smallest absolute Gasteiger partial charge is 0.397 e. The van der Waals surface area contributed by atoms with Crippen LogP contribution in [0, 0.1) is 5.92 Å². The van der Waals surface area contributed by atoms with Crippen LogP contribution in [0.25, 0.3) is 0 Å². The number of carbonyl (C=O) groups is 2. The second kappa shape index (κ2) is 7.61. The highest BCUT2D eigenvalue weighted by molar-refractivity contribution is 7.99. The minimum atomic E-state index is -4.20. The maximum Gasteiger partial charge on any atom is 0.397 e. The molecular weight excluding hydrogens is 297 g/mol. The van der Waals surface area contributed by atoms with Crippen LogP contribution in [-0.2, 0) is 4.79 Å². The molecule has 9 heteroatoms. The average molecular weight is 314 g/mol. The summed E-state index contributed by atoms with van der Waals surface area (Å²) in [5, 5.41) is 11.4. The molecule has 116 valence electrons. The number of thioether (sulfide) groups is 1. The molecule has 2 amide bonds. The van der Waals surface area contributed by atoms with E-state index in [4.69, 9.17) is 5.11 Å². The highest BCUT2D eigenvalue weighted by Gasteiger charge is 2.28. The third-order valence-electron chi connectivity index (χ3n) is 2.85. The molecule has 0 spiro atoms. The van der Waals surface area contributed by atoms with E-state index in [-0.39, 0.29) is 18.8 Å². The molecule has 1 saturated heterocycles. The third kappa shape index (κ3) is 6.36. The molecule has 1 heterocycles. The number of piperidine rings is 1. The number of alkyl halides is 3. The summed E-state index contributed by atoms with van der Waals surface area (Å²) in [6.45, 7) is 0.760. The number of amides is 2. The van der Waals surface area contributed by atoms with E-state index >= 15 is 0 Å². The summed E-state index contributed by atoms with van der Waals surface area (Å²) in [5.41, 5.74) is 0. The first kappa shape index (κ1) is 16.9. The van der Waals surface area contributed by atoms with Crippen molar-refractivity contribution >= 4 is 23.8 Å². The van der Waals surface area contributed by atoms with E-state index in [0.29, 0.717) is 31.1 Å². The van der Waals surface area contributed by atoms with Gasteiger partial charge in [0.1, 0.15) is 0 Å². The molecule has 20 heavy (non-hydrogen) atoms. The lowest BCUT2D eigenvalue weighted by Crippen LogP contribution is -2.47. The summed E-state index contributed by atoms with van der Waals surface area (Å²) in [6.07, 6.45) is -3.04. The lowest BCUT2D eigenvalue weighted by Gasteiger charge is -2.30. The summed E-state index contributed by atoms with van der Waals surface area (Å²) < 4.78 is 35.6. The molecule has 0 aliphatic carbocycles. The van der Waals surface area contributed by atoms with Gasteiger partial charge < -0.3 is 15.3 Å². The van der Waals surface area contributed by atoms with Crippen LogP contribution >= 0.6 is 11.8 Å². The van der Waals surface area contributed by atoms with Gasteiger partial charge in [0.2, 0.25) is 0 Å². The minimum Gasteiger partial charge on any atom is -0.481 e. The molecule has 1 atom stereocenters. The summed E-state index contributed by atoms with van der Waals surface area (Å²) in [5.74, 6) is -2.26. The van der Waals surface area contributed by atoms with E-state index < -0.39 is 29.8 Å². The van der Waals surface area contributed by atoms with E-state index in [1.165, 1.54) is 4.90 Å². The molecular formula is C11H17F3N2O3S. The Bertz CT molecular complexity index is 352. The quantitative estimate of drug-likeness (QED) is 0.759. The number of hydrogen-bond donors (Lipinski definition) is 2. The predicted octanol–water partition coefficient (Wildman–Crippen LogP) is 1.79. The zero-order chi connectivity index (χ0) is 15.2. The van der Waals surface area contributed by atoms with Crippen molar-refractivity contribution in [3.8, 4) is 0 Å². The van der Waals surface area contributed by atoms with Gasteiger partial charge in [-0.15, -0.1) is 0 Å². The van der Waals surface area contributed by atoms with Gasteiger partial charge in [-0.05, 0) is 12.8 Å². The molecule has 0 aromatic heterocycles. The Kier molecular flexibility index (Phi) is 6.44. The van der Waals surface area contributed by atoms with Gasteiger partial charge in [-0.25, -0.2) is 4.79 Å². The molecule has 0 saturated carbocycles. The summed E-state index contributed by atoms with van der Waals surface area (Å²) in [7, 11) is 0. The summed E-state index contributed by atoms with van der Waals surface area (Å²) in [6, 6.07) is -0.413. The van der Waals surface area contributed by atoms with Gasteiger partial charge >= 0.3 is 18.2 Å². The molecule has 0 radical (unpaired) electrons. The van der Waals surface area contributed by atoms with Gasteiger partial charge in [0.15, 0.2) is 0 Å². The van der Waals surface area contributed by atoms with Crippen LogP contribution in [0.1, 0.15) is 12.8 Å².